The molecule has 3 heteroatoms. The van der Waals surface area contributed by atoms with Gasteiger partial charge < -0.3 is 5.32 Å². The molecule has 0 rings (SSSR count). The molecule has 0 radical (unpaired) electrons. The first-order valence-corrected chi connectivity index (χ1v) is 4.76. The first-order valence-electron chi connectivity index (χ1n) is 3.13. The van der Waals surface area contributed by atoms with Gasteiger partial charge in [-0.05, 0) is 12.7 Å². The number of hydrogen-bond acceptors (Lipinski definition) is 2. The molecule has 0 saturated heterocycles. The summed E-state index contributed by atoms with van der Waals surface area (Å²) in [6, 6.07) is 0. The zero-order valence-corrected chi connectivity index (χ0v) is 7.57. The van der Waals surface area contributed by atoms with E-state index in [2.05, 4.69) is 12.2 Å². The Kier molecular flexibility index (Phi) is 6.53. The second-order valence-electron chi connectivity index (χ2n) is 1.77. The summed E-state index contributed by atoms with van der Waals surface area (Å²) >= 11 is 6.52. The lowest BCUT2D eigenvalue weighted by molar-refractivity contribution is 0.763. The van der Waals surface area contributed by atoms with Crippen LogP contribution >= 0.6 is 24.0 Å². The molecule has 0 saturated carbocycles. The van der Waals surface area contributed by atoms with Gasteiger partial charge in [-0.1, -0.05) is 25.6 Å². The lowest BCUT2D eigenvalue weighted by Gasteiger charge is -2.01. The second-order valence-corrected chi connectivity index (χ2v) is 3.26. The summed E-state index contributed by atoms with van der Waals surface area (Å²) in [5.41, 5.74) is 0. The van der Waals surface area contributed by atoms with Crippen LogP contribution in [-0.4, -0.2) is 17.1 Å². The largest absolute Gasteiger partial charge is 0.371 e. The van der Waals surface area contributed by atoms with Gasteiger partial charge in [0.05, 0.1) is 0 Å². The molecule has 0 heterocycles. The van der Waals surface area contributed by atoms with Crippen LogP contribution in [0.3, 0.4) is 0 Å². The third-order valence-corrected chi connectivity index (χ3v) is 2.14. The van der Waals surface area contributed by atoms with E-state index in [-0.39, 0.29) is 0 Å². The molecule has 0 aliphatic carbocycles. The van der Waals surface area contributed by atoms with E-state index in [9.17, 15) is 0 Å². The fourth-order valence-corrected chi connectivity index (χ4v) is 0.788. The van der Waals surface area contributed by atoms with E-state index < -0.39 is 0 Å². The van der Waals surface area contributed by atoms with Crippen LogP contribution in [0.4, 0.5) is 0 Å². The number of thiocarbonyl (C=S) groups is 1. The van der Waals surface area contributed by atoms with Crippen molar-refractivity contribution in [1.82, 2.24) is 5.32 Å². The van der Waals surface area contributed by atoms with Crippen molar-refractivity contribution >= 4 is 28.3 Å². The SMILES string of the molecule is CCCCNC(=S)SC. The average Bonchev–Trinajstić information content (AvgIpc) is 1.89. The molecule has 0 atom stereocenters. The van der Waals surface area contributed by atoms with Crippen molar-refractivity contribution in [3.63, 3.8) is 0 Å². The van der Waals surface area contributed by atoms with Crippen LogP contribution in [0.15, 0.2) is 0 Å². The highest BCUT2D eigenvalue weighted by Crippen LogP contribution is 1.93. The zero-order chi connectivity index (χ0) is 7.11. The van der Waals surface area contributed by atoms with Gasteiger partial charge in [0.25, 0.3) is 0 Å². The van der Waals surface area contributed by atoms with E-state index >= 15 is 0 Å². The average molecular weight is 163 g/mol. The van der Waals surface area contributed by atoms with E-state index in [1.807, 2.05) is 6.26 Å². The van der Waals surface area contributed by atoms with E-state index in [1.165, 1.54) is 12.8 Å². The minimum Gasteiger partial charge on any atom is -0.371 e. The number of thioether (sulfide) groups is 1. The number of hydrogen-bond donors (Lipinski definition) is 1. The Morgan fingerprint density at radius 2 is 2.33 bits per heavy atom. The van der Waals surface area contributed by atoms with Gasteiger partial charge in [-0.2, -0.15) is 0 Å². The molecule has 1 nitrogen and oxygen atoms in total. The van der Waals surface area contributed by atoms with E-state index in [0.29, 0.717) is 0 Å². The minimum atomic E-state index is 0.906. The van der Waals surface area contributed by atoms with Gasteiger partial charge in [-0.15, -0.1) is 11.8 Å². The van der Waals surface area contributed by atoms with Crippen molar-refractivity contribution < 1.29 is 0 Å². The monoisotopic (exact) mass is 163 g/mol. The van der Waals surface area contributed by atoms with Crippen LogP contribution in [0.1, 0.15) is 19.8 Å². The van der Waals surface area contributed by atoms with Gasteiger partial charge in [0.2, 0.25) is 0 Å². The minimum absolute atomic E-state index is 0.906. The van der Waals surface area contributed by atoms with Crippen LogP contribution < -0.4 is 5.32 Å². The van der Waals surface area contributed by atoms with E-state index in [4.69, 9.17) is 12.2 Å². The Balaban J connectivity index is 2.97. The molecule has 0 aromatic carbocycles. The molecule has 0 amide bonds. The highest BCUT2D eigenvalue weighted by atomic mass is 32.2. The Hall–Kier alpha value is 0.240. The molecule has 0 unspecified atom stereocenters. The molecule has 0 fully saturated rings. The predicted octanol–water partition coefficient (Wildman–Crippen LogP) is 2.02. The topological polar surface area (TPSA) is 12.0 Å². The molecule has 0 aliphatic rings. The van der Waals surface area contributed by atoms with Crippen LogP contribution in [0.5, 0.6) is 0 Å². The Labute approximate surface area is 66.6 Å². The fourth-order valence-electron chi connectivity index (χ4n) is 0.439. The summed E-state index contributed by atoms with van der Waals surface area (Å²) in [7, 11) is 0. The molecule has 0 aromatic heterocycles. The maximum atomic E-state index is 4.92. The third-order valence-electron chi connectivity index (χ3n) is 0.985. The number of unbranched alkanes of at least 4 members (excludes halogenated alkanes) is 1. The smallest absolute Gasteiger partial charge is 0.133 e. The fraction of sp³-hybridized carbons (Fsp3) is 0.833. The predicted molar refractivity (Wildman–Crippen MR) is 49.0 cm³/mol. The molecule has 1 N–H and O–H groups in total. The maximum Gasteiger partial charge on any atom is 0.133 e. The maximum absolute atomic E-state index is 4.92. The van der Waals surface area contributed by atoms with Crippen LogP contribution in [0.2, 0.25) is 0 Å². The van der Waals surface area contributed by atoms with Gasteiger partial charge in [0, 0.05) is 6.54 Å². The molecule has 9 heavy (non-hydrogen) atoms. The molecular formula is C6H13NS2. The summed E-state index contributed by atoms with van der Waals surface area (Å²) in [6.45, 7) is 3.19. The molecular weight excluding hydrogens is 150 g/mol. The van der Waals surface area contributed by atoms with Crippen LogP contribution in [-0.2, 0) is 0 Å². The summed E-state index contributed by atoms with van der Waals surface area (Å²) < 4.78 is 0.906. The normalized spacial score (nSPS) is 9.11. The molecule has 54 valence electrons. The highest BCUT2D eigenvalue weighted by molar-refractivity contribution is 8.22. The lowest BCUT2D eigenvalue weighted by Crippen LogP contribution is -2.18. The van der Waals surface area contributed by atoms with E-state index in [1.54, 1.807) is 11.8 Å². The molecule has 0 bridgehead atoms. The third kappa shape index (κ3) is 6.12. The molecule has 0 spiro atoms. The molecule has 0 aliphatic heterocycles. The Bertz CT molecular complexity index is 83.1. The van der Waals surface area contributed by atoms with Gasteiger partial charge in [-0.25, -0.2) is 0 Å². The highest BCUT2D eigenvalue weighted by Gasteiger charge is 1.88. The zero-order valence-electron chi connectivity index (χ0n) is 5.94. The van der Waals surface area contributed by atoms with Crippen molar-refractivity contribution in [1.29, 1.82) is 0 Å². The van der Waals surface area contributed by atoms with Gasteiger partial charge in [0.1, 0.15) is 4.32 Å². The Morgan fingerprint density at radius 3 is 2.78 bits per heavy atom. The number of rotatable bonds is 3. The second kappa shape index (κ2) is 6.36. The summed E-state index contributed by atoms with van der Waals surface area (Å²) in [4.78, 5) is 0. The van der Waals surface area contributed by atoms with Crippen LogP contribution in [0.25, 0.3) is 0 Å². The summed E-state index contributed by atoms with van der Waals surface area (Å²) in [5, 5.41) is 3.13. The van der Waals surface area contributed by atoms with Crippen molar-refractivity contribution in [2.24, 2.45) is 0 Å². The standard InChI is InChI=1S/C6H13NS2/c1-3-4-5-7-6(8)9-2/h3-5H2,1-2H3,(H,7,8). The van der Waals surface area contributed by atoms with Crippen molar-refractivity contribution in [3.05, 3.63) is 0 Å². The van der Waals surface area contributed by atoms with Gasteiger partial charge >= 0.3 is 0 Å². The van der Waals surface area contributed by atoms with Gasteiger partial charge in [-0.3, -0.25) is 0 Å². The first kappa shape index (κ1) is 9.24. The Morgan fingerprint density at radius 1 is 1.67 bits per heavy atom. The first-order chi connectivity index (χ1) is 4.31. The number of nitrogens with one attached hydrogen (secondary N) is 1. The van der Waals surface area contributed by atoms with Gasteiger partial charge in [0.15, 0.2) is 0 Å². The van der Waals surface area contributed by atoms with Crippen molar-refractivity contribution in [2.45, 2.75) is 19.8 Å². The lowest BCUT2D eigenvalue weighted by atomic mass is 10.3. The summed E-state index contributed by atoms with van der Waals surface area (Å²) in [5.74, 6) is 0. The van der Waals surface area contributed by atoms with Crippen molar-refractivity contribution in [2.75, 3.05) is 12.8 Å². The quantitative estimate of drug-likeness (QED) is 0.505. The molecule has 0 aromatic rings. The van der Waals surface area contributed by atoms with Crippen molar-refractivity contribution in [3.8, 4) is 0 Å². The van der Waals surface area contributed by atoms with E-state index in [0.717, 1.165) is 10.9 Å². The van der Waals surface area contributed by atoms with Crippen LogP contribution in [0, 0.1) is 0 Å². The summed E-state index contributed by atoms with van der Waals surface area (Å²) in [6.07, 6.45) is 4.42.